The number of benzene rings is 2. The van der Waals surface area contributed by atoms with Crippen LogP contribution in [0, 0.1) is 11.6 Å². The number of aryl methyl sites for hydroxylation is 1. The van der Waals surface area contributed by atoms with Crippen LogP contribution >= 0.6 is 0 Å². The minimum Gasteiger partial charge on any atom is -0.337 e. The molecule has 4 rings (SSSR count). The Morgan fingerprint density at radius 1 is 1.04 bits per heavy atom. The van der Waals surface area contributed by atoms with Crippen LogP contribution in [0.15, 0.2) is 53.1 Å². The fourth-order valence-corrected chi connectivity index (χ4v) is 3.17. The zero-order valence-corrected chi connectivity index (χ0v) is 14.2. The van der Waals surface area contributed by atoms with Crippen molar-refractivity contribution in [2.45, 2.75) is 26.3 Å². The Bertz CT molecular complexity index is 1050. The van der Waals surface area contributed by atoms with Gasteiger partial charge in [-0.05, 0) is 36.1 Å². The Morgan fingerprint density at radius 3 is 2.58 bits per heavy atom. The van der Waals surface area contributed by atoms with Gasteiger partial charge in [0.15, 0.2) is 5.82 Å². The zero-order valence-electron chi connectivity index (χ0n) is 14.2. The molecule has 2 aromatic heterocycles. The van der Waals surface area contributed by atoms with Crippen molar-refractivity contribution in [2.24, 2.45) is 0 Å². The molecule has 4 aromatic rings. The van der Waals surface area contributed by atoms with E-state index in [0.29, 0.717) is 12.4 Å². The van der Waals surface area contributed by atoms with Crippen molar-refractivity contribution in [1.29, 1.82) is 0 Å². The van der Waals surface area contributed by atoms with E-state index in [-0.39, 0.29) is 11.5 Å². The molecule has 0 saturated carbocycles. The lowest BCUT2D eigenvalue weighted by molar-refractivity contribution is 0.420. The Hall–Kier alpha value is -3.02. The van der Waals surface area contributed by atoms with Gasteiger partial charge in [-0.1, -0.05) is 36.7 Å². The van der Waals surface area contributed by atoms with Crippen LogP contribution in [0.5, 0.6) is 0 Å². The second kappa shape index (κ2) is 6.71. The highest BCUT2D eigenvalue weighted by Gasteiger charge is 2.14. The van der Waals surface area contributed by atoms with Crippen molar-refractivity contribution < 1.29 is 13.3 Å². The van der Waals surface area contributed by atoms with Gasteiger partial charge in [0.2, 0.25) is 0 Å². The number of fused-ring (bicyclic) bond motifs is 1. The average Bonchev–Trinajstić information content (AvgIpc) is 3.20. The van der Waals surface area contributed by atoms with E-state index >= 15 is 0 Å². The molecule has 0 radical (unpaired) electrons. The second-order valence-electron chi connectivity index (χ2n) is 6.20. The third-order valence-corrected chi connectivity index (χ3v) is 4.28. The molecular weight excluding hydrogens is 336 g/mol. The summed E-state index contributed by atoms with van der Waals surface area (Å²) < 4.78 is 34.2. The Labute approximate surface area is 149 Å². The summed E-state index contributed by atoms with van der Waals surface area (Å²) in [5, 5.41) is 5.14. The number of hydrogen-bond donors (Lipinski definition) is 0. The molecule has 6 heteroatoms. The molecule has 0 unspecified atom stereocenters. The Balaban J connectivity index is 1.69. The zero-order chi connectivity index (χ0) is 18.1. The number of rotatable bonds is 5. The summed E-state index contributed by atoms with van der Waals surface area (Å²) in [5.41, 5.74) is 2.52. The third-order valence-electron chi connectivity index (χ3n) is 4.28. The van der Waals surface area contributed by atoms with Crippen LogP contribution in [0.2, 0.25) is 0 Å². The summed E-state index contributed by atoms with van der Waals surface area (Å²) >= 11 is 0. The fourth-order valence-electron chi connectivity index (χ4n) is 3.17. The molecular formula is C20H17F2N3O. The van der Waals surface area contributed by atoms with E-state index in [0.717, 1.165) is 29.8 Å². The molecule has 26 heavy (non-hydrogen) atoms. The normalized spacial score (nSPS) is 11.3. The van der Waals surface area contributed by atoms with E-state index in [1.807, 2.05) is 12.1 Å². The second-order valence-corrected chi connectivity index (χ2v) is 6.20. The maximum Gasteiger partial charge on any atom is 0.258 e. The number of aromatic nitrogens is 3. The molecule has 0 amide bonds. The highest BCUT2D eigenvalue weighted by atomic mass is 19.1. The molecule has 0 bridgehead atoms. The lowest BCUT2D eigenvalue weighted by Crippen LogP contribution is -2.05. The van der Waals surface area contributed by atoms with Gasteiger partial charge >= 0.3 is 0 Å². The van der Waals surface area contributed by atoms with Gasteiger partial charge in [-0.15, -0.1) is 0 Å². The van der Waals surface area contributed by atoms with Gasteiger partial charge in [0, 0.05) is 22.8 Å². The minimum absolute atomic E-state index is 0.104. The van der Waals surface area contributed by atoms with Gasteiger partial charge in [-0.25, -0.2) is 8.78 Å². The van der Waals surface area contributed by atoms with Crippen LogP contribution in [-0.4, -0.2) is 14.7 Å². The highest BCUT2D eigenvalue weighted by molar-refractivity contribution is 5.81. The first-order valence-electron chi connectivity index (χ1n) is 8.50. The van der Waals surface area contributed by atoms with Crippen molar-refractivity contribution >= 4 is 10.9 Å². The van der Waals surface area contributed by atoms with Gasteiger partial charge in [-0.2, -0.15) is 4.98 Å². The van der Waals surface area contributed by atoms with Crippen LogP contribution in [-0.2, 0) is 13.0 Å². The van der Waals surface area contributed by atoms with Crippen LogP contribution in [0.4, 0.5) is 8.78 Å². The molecule has 0 aliphatic rings. The first-order chi connectivity index (χ1) is 12.6. The quantitative estimate of drug-likeness (QED) is 0.509. The van der Waals surface area contributed by atoms with Gasteiger partial charge < -0.3 is 9.09 Å². The van der Waals surface area contributed by atoms with E-state index in [2.05, 4.69) is 39.8 Å². The van der Waals surface area contributed by atoms with Crippen LogP contribution in [0.3, 0.4) is 0 Å². The number of hydrogen-bond acceptors (Lipinski definition) is 3. The summed E-state index contributed by atoms with van der Waals surface area (Å²) in [7, 11) is 0. The van der Waals surface area contributed by atoms with E-state index in [9.17, 15) is 8.78 Å². The first-order valence-corrected chi connectivity index (χ1v) is 8.50. The summed E-state index contributed by atoms with van der Waals surface area (Å²) in [4.78, 5) is 4.31. The molecule has 132 valence electrons. The van der Waals surface area contributed by atoms with E-state index < -0.39 is 11.6 Å². The summed E-state index contributed by atoms with van der Waals surface area (Å²) in [5.74, 6) is -0.793. The molecule has 2 heterocycles. The molecule has 0 aliphatic heterocycles. The molecule has 0 fully saturated rings. The lowest BCUT2D eigenvalue weighted by atomic mass is 10.2. The molecule has 4 nitrogen and oxygen atoms in total. The first kappa shape index (κ1) is 16.4. The Kier molecular flexibility index (Phi) is 4.24. The smallest absolute Gasteiger partial charge is 0.258 e. The largest absolute Gasteiger partial charge is 0.337 e. The number of nitrogens with zero attached hydrogens (tertiary/aromatic N) is 3. The molecule has 0 aliphatic carbocycles. The summed E-state index contributed by atoms with van der Waals surface area (Å²) in [6, 6.07) is 13.5. The van der Waals surface area contributed by atoms with Gasteiger partial charge in [0.1, 0.15) is 11.6 Å². The maximum absolute atomic E-state index is 13.4. The number of halogens is 2. The van der Waals surface area contributed by atoms with Gasteiger partial charge in [0.25, 0.3) is 5.89 Å². The van der Waals surface area contributed by atoms with Crippen LogP contribution < -0.4 is 0 Å². The molecule has 0 N–H and O–H groups in total. The van der Waals surface area contributed by atoms with E-state index in [4.69, 9.17) is 4.52 Å². The van der Waals surface area contributed by atoms with Crippen molar-refractivity contribution in [2.75, 3.05) is 0 Å². The predicted octanol–water partition coefficient (Wildman–Crippen LogP) is 4.97. The van der Waals surface area contributed by atoms with Crippen molar-refractivity contribution in [3.63, 3.8) is 0 Å². The highest BCUT2D eigenvalue weighted by Crippen LogP contribution is 2.24. The topological polar surface area (TPSA) is 43.9 Å². The SMILES string of the molecule is CCCc1cc2ccccc2n1Cc1noc(-c2cc(F)cc(F)c2)n1. The molecule has 2 aromatic carbocycles. The van der Waals surface area contributed by atoms with E-state index in [1.54, 1.807) is 0 Å². The van der Waals surface area contributed by atoms with Crippen LogP contribution in [0.1, 0.15) is 24.9 Å². The van der Waals surface area contributed by atoms with E-state index in [1.165, 1.54) is 17.8 Å². The van der Waals surface area contributed by atoms with Crippen LogP contribution in [0.25, 0.3) is 22.4 Å². The monoisotopic (exact) mass is 353 g/mol. The average molecular weight is 353 g/mol. The maximum atomic E-state index is 13.4. The van der Waals surface area contributed by atoms with Crippen molar-refractivity contribution in [3.8, 4) is 11.5 Å². The molecule has 0 spiro atoms. The van der Waals surface area contributed by atoms with Crippen molar-refractivity contribution in [3.05, 3.63) is 71.7 Å². The third kappa shape index (κ3) is 3.10. The number of para-hydroxylation sites is 1. The predicted molar refractivity (Wildman–Crippen MR) is 94.7 cm³/mol. The Morgan fingerprint density at radius 2 is 1.81 bits per heavy atom. The lowest BCUT2D eigenvalue weighted by Gasteiger charge is -2.07. The fraction of sp³-hybridized carbons (Fsp3) is 0.200. The summed E-state index contributed by atoms with van der Waals surface area (Å²) in [6.07, 6.45) is 1.96. The summed E-state index contributed by atoms with van der Waals surface area (Å²) in [6.45, 7) is 2.57. The molecule has 0 atom stereocenters. The van der Waals surface area contributed by atoms with Gasteiger partial charge in [-0.3, -0.25) is 0 Å². The van der Waals surface area contributed by atoms with Crippen molar-refractivity contribution in [1.82, 2.24) is 14.7 Å². The molecule has 0 saturated heterocycles. The van der Waals surface area contributed by atoms with Gasteiger partial charge in [0.05, 0.1) is 6.54 Å². The minimum atomic E-state index is -0.679. The standard InChI is InChI=1S/C20H17F2N3O/c1-2-5-17-10-13-6-3-4-7-18(13)25(17)12-19-23-20(26-24-19)14-8-15(21)11-16(22)9-14/h3-4,6-11H,2,5,12H2,1H3.